The van der Waals surface area contributed by atoms with Crippen LogP contribution < -0.4 is 37.5 Å². The van der Waals surface area contributed by atoms with Crippen molar-refractivity contribution < 1.29 is 57.0 Å². The number of hydrogen-bond donors (Lipinski definition) is 6. The highest BCUT2D eigenvalue weighted by Gasteiger charge is 2.30. The van der Waals surface area contributed by atoms with E-state index in [1.165, 1.54) is 24.0 Å². The molecule has 9 rings (SSSR count). The van der Waals surface area contributed by atoms with Crippen molar-refractivity contribution in [3.05, 3.63) is 125 Å². The average Bonchev–Trinajstić information content (AvgIpc) is 1.62. The van der Waals surface area contributed by atoms with E-state index in [4.69, 9.17) is 35.3 Å². The number of aromatic nitrogens is 9. The highest BCUT2D eigenvalue weighted by molar-refractivity contribution is 6.13. The minimum absolute atomic E-state index is 0.00774. The highest BCUT2D eigenvalue weighted by atomic mass is 16.6. The molecule has 8 N–H and O–H groups in total. The van der Waals surface area contributed by atoms with Gasteiger partial charge in [0.2, 0.25) is 35.3 Å². The van der Waals surface area contributed by atoms with Crippen LogP contribution in [0.5, 0.6) is 5.75 Å². The van der Waals surface area contributed by atoms with E-state index in [9.17, 15) is 43.2 Å². The molecular weight excluding hydrogens is 1170 g/mol. The fraction of sp³-hybridized carbons (Fsp3) is 0.339. The molecule has 29 nitrogen and oxygen atoms in total. The number of anilines is 2. The molecule has 0 saturated heterocycles. The molecule has 0 aliphatic carbocycles. The number of carbonyl (C=O) groups excluding carboxylic acids is 9. The maximum absolute atomic E-state index is 14.0. The summed E-state index contributed by atoms with van der Waals surface area (Å²) in [7, 11) is 1.56. The number of benzene rings is 2. The lowest BCUT2D eigenvalue weighted by Crippen LogP contribution is -2.54. The van der Waals surface area contributed by atoms with E-state index in [1.54, 1.807) is 75.0 Å². The summed E-state index contributed by atoms with van der Waals surface area (Å²) in [6.45, 7) is 13.1. The number of allylic oxidation sites excluding steroid dienone is 2. The van der Waals surface area contributed by atoms with Crippen molar-refractivity contribution in [3.63, 3.8) is 0 Å². The van der Waals surface area contributed by atoms with Crippen molar-refractivity contribution in [1.82, 2.24) is 64.3 Å². The Morgan fingerprint density at radius 3 is 2.23 bits per heavy atom. The lowest BCUT2D eigenvalue weighted by Gasteiger charge is -2.24. The number of nitrogens with zero attached hydrogens (tertiary/aromatic N) is 11. The molecule has 6 aromatic heterocycles. The summed E-state index contributed by atoms with van der Waals surface area (Å²) in [4.78, 5) is 141. The lowest BCUT2D eigenvalue weighted by molar-refractivity contribution is -0.137. The Kier molecular flexibility index (Phi) is 19.7. The molecular formula is C62H69N17O12. The molecule has 2 aromatic carbocycles. The third kappa shape index (κ3) is 14.7. The zero-order valence-corrected chi connectivity index (χ0v) is 51.4. The normalized spacial score (nSPS) is 13.0. The predicted molar refractivity (Wildman–Crippen MR) is 332 cm³/mol. The van der Waals surface area contributed by atoms with Gasteiger partial charge in [0.25, 0.3) is 23.6 Å². The maximum Gasteiger partial charge on any atom is 0.409 e. The third-order valence-corrected chi connectivity index (χ3v) is 14.8. The number of oxazole rings is 1. The number of imide groups is 1. The van der Waals surface area contributed by atoms with Crippen molar-refractivity contribution in [2.24, 2.45) is 17.4 Å². The van der Waals surface area contributed by atoms with E-state index in [0.717, 1.165) is 28.4 Å². The molecule has 474 valence electrons. The summed E-state index contributed by atoms with van der Waals surface area (Å²) in [6, 6.07) is 12.7. The zero-order chi connectivity index (χ0) is 65.4. The number of amides is 9. The van der Waals surface area contributed by atoms with E-state index >= 15 is 0 Å². The van der Waals surface area contributed by atoms with Gasteiger partial charge in [0.05, 0.1) is 34.4 Å². The minimum atomic E-state index is -1.01. The van der Waals surface area contributed by atoms with E-state index in [0.29, 0.717) is 75.6 Å². The van der Waals surface area contributed by atoms with E-state index in [2.05, 4.69) is 41.3 Å². The number of imidazole rings is 1. The second-order valence-corrected chi connectivity index (χ2v) is 21.8. The Labute approximate surface area is 520 Å². The fourth-order valence-corrected chi connectivity index (χ4v) is 10.1. The molecule has 0 unspecified atom stereocenters. The van der Waals surface area contributed by atoms with Crippen molar-refractivity contribution >= 4 is 98.1 Å². The largest absolute Gasteiger partial charge is 0.491 e. The molecule has 0 fully saturated rings. The number of nitrogens with two attached hydrogens (primary N) is 2. The minimum Gasteiger partial charge on any atom is -0.491 e. The molecule has 1 aliphatic heterocycles. The van der Waals surface area contributed by atoms with Gasteiger partial charge in [-0.25, -0.2) is 29.7 Å². The van der Waals surface area contributed by atoms with Gasteiger partial charge in [-0.15, -0.1) is 0 Å². The Balaban J connectivity index is 0.849. The molecule has 8 aromatic rings. The van der Waals surface area contributed by atoms with Crippen molar-refractivity contribution in [2.45, 2.75) is 106 Å². The van der Waals surface area contributed by atoms with Crippen LogP contribution in [0.25, 0.3) is 44.6 Å². The summed E-state index contributed by atoms with van der Waals surface area (Å²) in [5.41, 5.74) is 16.9. The van der Waals surface area contributed by atoms with Crippen LogP contribution in [0.2, 0.25) is 0 Å². The van der Waals surface area contributed by atoms with E-state index < -0.39 is 65.4 Å². The van der Waals surface area contributed by atoms with Crippen LogP contribution in [0.1, 0.15) is 102 Å². The smallest absolute Gasteiger partial charge is 0.409 e. The van der Waals surface area contributed by atoms with Crippen LogP contribution in [0.4, 0.5) is 16.4 Å². The van der Waals surface area contributed by atoms with Gasteiger partial charge < -0.3 is 55.3 Å². The van der Waals surface area contributed by atoms with Crippen LogP contribution in [0, 0.1) is 19.8 Å². The number of carbonyl (C=O) groups is 9. The van der Waals surface area contributed by atoms with E-state index in [1.807, 2.05) is 48.2 Å². The van der Waals surface area contributed by atoms with Gasteiger partial charge in [0, 0.05) is 82.7 Å². The number of primary amides is 2. The molecule has 7 heterocycles. The number of hydrogen-bond acceptors (Lipinski definition) is 18. The second kappa shape index (κ2) is 27.9. The Hall–Kier alpha value is -11.1. The third-order valence-electron chi connectivity index (χ3n) is 14.8. The van der Waals surface area contributed by atoms with Gasteiger partial charge in [-0.1, -0.05) is 45.1 Å². The summed E-state index contributed by atoms with van der Waals surface area (Å²) in [5.74, 6) is -4.14. The first-order valence-corrected chi connectivity index (χ1v) is 29.3. The van der Waals surface area contributed by atoms with Crippen LogP contribution in [0.3, 0.4) is 0 Å². The fourth-order valence-electron chi connectivity index (χ4n) is 10.1. The standard InChI is InChI=1S/C62H69N17O12/c1-9-41-53(91-36(7)67-41)60(87)73-61-70-43-29-38(54(63)83)30-46(52(43)78(61)25-12-11-24-76-44-19-18-42(55(64)84)69-51(44)40-31-65-56(72-57(40)76)45-28-34(5)74-79(45)10-2)89-27-13-23-75(8)62(88)90-32-37-14-16-39(17-15-37)68-58(85)35(6)66-59(86)50(33(3)4)71-47(80)22-26-77-48(81)20-21-49(77)82/h11-12,14-21,28-31,33,35,50H,9-10,13,22-27,32H2,1-8H3,(H2,63,83)(H2,64,84)(H,66,86)(H,68,85)(H,71,80)(H,70,73,87)/b12-11+/t35-,50-/m0/s1. The van der Waals surface area contributed by atoms with Gasteiger partial charge in [0.1, 0.15) is 52.5 Å². The molecule has 2 atom stereocenters. The van der Waals surface area contributed by atoms with Crippen molar-refractivity contribution in [2.75, 3.05) is 37.4 Å². The van der Waals surface area contributed by atoms with Crippen molar-refractivity contribution in [1.29, 1.82) is 0 Å². The first-order chi connectivity index (χ1) is 43.5. The summed E-state index contributed by atoms with van der Waals surface area (Å²) < 4.78 is 23.1. The van der Waals surface area contributed by atoms with Gasteiger partial charge in [-0.05, 0) is 87.6 Å². The number of ether oxygens (including phenoxy) is 2. The number of nitrogens with one attached hydrogen (secondary N) is 4. The summed E-state index contributed by atoms with van der Waals surface area (Å²) in [5, 5.41) is 16.0. The number of rotatable bonds is 27. The molecule has 9 amide bonds. The predicted octanol–water partition coefficient (Wildman–Crippen LogP) is 5.02. The lowest BCUT2D eigenvalue weighted by atomic mass is 10.0. The Bertz CT molecular complexity index is 4210. The molecule has 0 spiro atoms. The number of fused-ring (bicyclic) bond motifs is 4. The first-order valence-electron chi connectivity index (χ1n) is 29.3. The topological polar surface area (TPSA) is 384 Å². The summed E-state index contributed by atoms with van der Waals surface area (Å²) in [6.07, 6.45) is 7.49. The SMILES string of the molecule is CCc1nc(C)oc1C(=O)Nc1nc2cc(C(N)=O)cc(OCCCN(C)C(=O)OCc3ccc(NC(=O)[C@H](C)NC(=O)[C@@H](NC(=O)CCN4C(=O)C=CC4=O)C(C)C)cc3)c2n1C/C=C/Cn1c2ccc(C(N)=O)nc2c2cnc(-c3cc(C)nn3CC)nc21. The first kappa shape index (κ1) is 64.3. The highest BCUT2D eigenvalue weighted by Crippen LogP contribution is 2.33. The quantitative estimate of drug-likeness (QED) is 0.0223. The van der Waals surface area contributed by atoms with Gasteiger partial charge >= 0.3 is 6.09 Å². The summed E-state index contributed by atoms with van der Waals surface area (Å²) >= 11 is 0. The molecule has 91 heavy (non-hydrogen) atoms. The average molecular weight is 1240 g/mol. The maximum atomic E-state index is 14.0. The van der Waals surface area contributed by atoms with Gasteiger partial charge in [-0.2, -0.15) is 5.10 Å². The van der Waals surface area contributed by atoms with Gasteiger partial charge in [-0.3, -0.25) is 53.3 Å². The number of aryl methyl sites for hydroxylation is 4. The van der Waals surface area contributed by atoms with Crippen LogP contribution in [-0.2, 0) is 61.4 Å². The van der Waals surface area contributed by atoms with Crippen LogP contribution in [-0.4, -0.2) is 146 Å². The molecule has 29 heteroatoms. The van der Waals surface area contributed by atoms with Gasteiger partial charge in [0.15, 0.2) is 11.7 Å². The van der Waals surface area contributed by atoms with Crippen molar-refractivity contribution in [3.8, 4) is 17.3 Å². The van der Waals surface area contributed by atoms with Crippen LogP contribution >= 0.6 is 0 Å². The van der Waals surface area contributed by atoms with Crippen LogP contribution in [0.15, 0.2) is 89.5 Å². The zero-order valence-electron chi connectivity index (χ0n) is 51.4. The van der Waals surface area contributed by atoms with E-state index in [-0.39, 0.29) is 86.0 Å². The number of pyridine rings is 1. The molecule has 0 saturated carbocycles. The molecule has 1 aliphatic rings. The molecule has 0 radical (unpaired) electrons. The second-order valence-electron chi connectivity index (χ2n) is 21.8. The molecule has 0 bridgehead atoms. The Morgan fingerprint density at radius 2 is 1.55 bits per heavy atom. The monoisotopic (exact) mass is 1240 g/mol. The Morgan fingerprint density at radius 1 is 0.824 bits per heavy atom.